The van der Waals surface area contributed by atoms with Crippen molar-refractivity contribution in [2.45, 2.75) is 12.2 Å². The molecule has 0 bridgehead atoms. The highest BCUT2D eigenvalue weighted by Gasteiger charge is 2.34. The maximum Gasteiger partial charge on any atom is 0.322 e. The average molecular weight is 269 g/mol. The summed E-state index contributed by atoms with van der Waals surface area (Å²) in [5.41, 5.74) is 0. The molecule has 8 heteroatoms. The predicted octanol–water partition coefficient (Wildman–Crippen LogP) is -0.228. The van der Waals surface area contributed by atoms with Gasteiger partial charge in [-0.3, -0.25) is 0 Å². The second-order valence-corrected chi connectivity index (χ2v) is 4.15. The highest BCUT2D eigenvalue weighted by atomic mass is 16.5. The number of aromatic nitrogens is 3. The van der Waals surface area contributed by atoms with Gasteiger partial charge in [-0.2, -0.15) is 15.0 Å². The van der Waals surface area contributed by atoms with E-state index in [2.05, 4.69) is 20.3 Å². The van der Waals surface area contributed by atoms with E-state index in [1.165, 1.54) is 7.11 Å². The zero-order valence-electron chi connectivity index (χ0n) is 11.6. The number of hydrogen-bond acceptors (Lipinski definition) is 8. The standard InChI is InChI=1S/C11H19N5O3/c1-12-9-13-10(15-11(14-9)19-4)16-5-7(17-2)8(6-16)18-3/h7-8H,5-6H2,1-4H3,(H,12,13,14,15). The van der Waals surface area contributed by atoms with Gasteiger partial charge in [-0.1, -0.05) is 0 Å². The van der Waals surface area contributed by atoms with Crippen LogP contribution in [0, 0.1) is 0 Å². The van der Waals surface area contributed by atoms with Crippen molar-refractivity contribution in [3.8, 4) is 6.01 Å². The summed E-state index contributed by atoms with van der Waals surface area (Å²) >= 11 is 0. The van der Waals surface area contributed by atoms with Gasteiger partial charge in [-0.05, 0) is 0 Å². The van der Waals surface area contributed by atoms with Crippen LogP contribution in [0.2, 0.25) is 0 Å². The summed E-state index contributed by atoms with van der Waals surface area (Å²) in [5.74, 6) is 1.02. The molecule has 1 N–H and O–H groups in total. The minimum atomic E-state index is 0.00537. The molecule has 2 unspecified atom stereocenters. The Labute approximate surface area is 112 Å². The summed E-state index contributed by atoms with van der Waals surface area (Å²) in [6.07, 6.45) is 0.0107. The number of rotatable bonds is 5. The predicted molar refractivity (Wildman–Crippen MR) is 69.7 cm³/mol. The Hall–Kier alpha value is -1.67. The first-order valence-electron chi connectivity index (χ1n) is 6.00. The lowest BCUT2D eigenvalue weighted by Crippen LogP contribution is -2.27. The lowest BCUT2D eigenvalue weighted by molar-refractivity contribution is -0.00461. The molecule has 1 saturated heterocycles. The van der Waals surface area contributed by atoms with E-state index < -0.39 is 0 Å². The summed E-state index contributed by atoms with van der Waals surface area (Å²) in [5, 5.41) is 2.88. The maximum absolute atomic E-state index is 5.39. The number of hydrogen-bond donors (Lipinski definition) is 1. The number of anilines is 2. The minimum Gasteiger partial charge on any atom is -0.467 e. The summed E-state index contributed by atoms with van der Waals surface area (Å²) in [4.78, 5) is 14.6. The first-order chi connectivity index (χ1) is 9.21. The first kappa shape index (κ1) is 13.8. The molecule has 0 radical (unpaired) electrons. The third kappa shape index (κ3) is 2.85. The molecule has 0 aromatic carbocycles. The lowest BCUT2D eigenvalue weighted by atomic mass is 10.3. The van der Waals surface area contributed by atoms with Crippen LogP contribution in [-0.4, -0.2) is 68.6 Å². The van der Waals surface area contributed by atoms with Crippen LogP contribution in [0.15, 0.2) is 0 Å². The van der Waals surface area contributed by atoms with Crippen LogP contribution in [0.5, 0.6) is 6.01 Å². The Balaban J connectivity index is 2.22. The summed E-state index contributed by atoms with van der Waals surface area (Å²) in [6, 6.07) is 0.282. The third-order valence-corrected chi connectivity index (χ3v) is 3.11. The Morgan fingerprint density at radius 1 is 1.05 bits per heavy atom. The topological polar surface area (TPSA) is 81.6 Å². The van der Waals surface area contributed by atoms with Gasteiger partial charge in [0.05, 0.1) is 7.11 Å². The van der Waals surface area contributed by atoms with Gasteiger partial charge in [0.1, 0.15) is 12.2 Å². The lowest BCUT2D eigenvalue weighted by Gasteiger charge is -2.16. The van der Waals surface area contributed by atoms with Crippen molar-refractivity contribution >= 4 is 11.9 Å². The fourth-order valence-corrected chi connectivity index (χ4v) is 2.05. The van der Waals surface area contributed by atoms with Crippen molar-refractivity contribution in [3.63, 3.8) is 0 Å². The molecule has 2 heterocycles. The van der Waals surface area contributed by atoms with Crippen molar-refractivity contribution in [1.29, 1.82) is 0 Å². The van der Waals surface area contributed by atoms with E-state index in [1.54, 1.807) is 21.3 Å². The quantitative estimate of drug-likeness (QED) is 0.785. The van der Waals surface area contributed by atoms with Gasteiger partial charge in [0.25, 0.3) is 0 Å². The fraction of sp³-hybridized carbons (Fsp3) is 0.727. The highest BCUT2D eigenvalue weighted by molar-refractivity contribution is 5.39. The SMILES string of the molecule is CNc1nc(OC)nc(N2CC(OC)C(OC)C2)n1. The zero-order valence-corrected chi connectivity index (χ0v) is 11.6. The largest absolute Gasteiger partial charge is 0.467 e. The fourth-order valence-electron chi connectivity index (χ4n) is 2.05. The van der Waals surface area contributed by atoms with E-state index in [0.29, 0.717) is 25.0 Å². The summed E-state index contributed by atoms with van der Waals surface area (Å²) in [7, 11) is 6.62. The number of nitrogens with zero attached hydrogens (tertiary/aromatic N) is 4. The maximum atomic E-state index is 5.39. The molecule has 1 aromatic heterocycles. The van der Waals surface area contributed by atoms with E-state index in [4.69, 9.17) is 14.2 Å². The van der Waals surface area contributed by atoms with Crippen LogP contribution in [0.3, 0.4) is 0 Å². The smallest absolute Gasteiger partial charge is 0.322 e. The van der Waals surface area contributed by atoms with Crippen LogP contribution in [-0.2, 0) is 9.47 Å². The van der Waals surface area contributed by atoms with Crippen molar-refractivity contribution < 1.29 is 14.2 Å². The van der Waals surface area contributed by atoms with Gasteiger partial charge in [-0.15, -0.1) is 0 Å². The molecule has 19 heavy (non-hydrogen) atoms. The summed E-state index contributed by atoms with van der Waals surface area (Å²) in [6.45, 7) is 1.34. The Kier molecular flexibility index (Phi) is 4.33. The first-order valence-corrected chi connectivity index (χ1v) is 6.00. The van der Waals surface area contributed by atoms with Crippen LogP contribution in [0.25, 0.3) is 0 Å². The Morgan fingerprint density at radius 3 is 2.16 bits per heavy atom. The van der Waals surface area contributed by atoms with Crippen molar-refractivity contribution in [1.82, 2.24) is 15.0 Å². The number of ether oxygens (including phenoxy) is 3. The van der Waals surface area contributed by atoms with Crippen molar-refractivity contribution in [2.24, 2.45) is 0 Å². The molecule has 0 aliphatic carbocycles. The second-order valence-electron chi connectivity index (χ2n) is 4.15. The van der Waals surface area contributed by atoms with Gasteiger partial charge >= 0.3 is 6.01 Å². The average Bonchev–Trinajstić information content (AvgIpc) is 2.89. The minimum absolute atomic E-state index is 0.00537. The molecule has 2 atom stereocenters. The monoisotopic (exact) mass is 269 g/mol. The van der Waals surface area contributed by atoms with Gasteiger partial charge in [0.15, 0.2) is 0 Å². The molecule has 0 saturated carbocycles. The molecule has 1 aliphatic heterocycles. The van der Waals surface area contributed by atoms with Gasteiger partial charge in [0, 0.05) is 34.4 Å². The molecule has 106 valence electrons. The Bertz CT molecular complexity index is 397. The van der Waals surface area contributed by atoms with E-state index in [0.717, 1.165) is 0 Å². The van der Waals surface area contributed by atoms with Gasteiger partial charge < -0.3 is 24.4 Å². The molecule has 8 nitrogen and oxygen atoms in total. The van der Waals surface area contributed by atoms with Crippen LogP contribution in [0.1, 0.15) is 0 Å². The number of methoxy groups -OCH3 is 3. The third-order valence-electron chi connectivity index (χ3n) is 3.11. The highest BCUT2D eigenvalue weighted by Crippen LogP contribution is 2.22. The molecule has 0 spiro atoms. The van der Waals surface area contributed by atoms with Gasteiger partial charge in [0.2, 0.25) is 11.9 Å². The van der Waals surface area contributed by atoms with E-state index in [1.807, 2.05) is 4.90 Å². The second kappa shape index (κ2) is 5.98. The zero-order chi connectivity index (χ0) is 13.8. The molecular weight excluding hydrogens is 250 g/mol. The van der Waals surface area contributed by atoms with Crippen LogP contribution >= 0.6 is 0 Å². The van der Waals surface area contributed by atoms with Crippen LogP contribution in [0.4, 0.5) is 11.9 Å². The van der Waals surface area contributed by atoms with Gasteiger partial charge in [-0.25, -0.2) is 0 Å². The molecule has 1 aliphatic rings. The van der Waals surface area contributed by atoms with E-state index in [9.17, 15) is 0 Å². The van der Waals surface area contributed by atoms with E-state index >= 15 is 0 Å². The molecule has 0 amide bonds. The number of nitrogens with one attached hydrogen (secondary N) is 1. The van der Waals surface area contributed by atoms with Crippen molar-refractivity contribution in [2.75, 3.05) is 51.7 Å². The Morgan fingerprint density at radius 2 is 1.68 bits per heavy atom. The normalized spacial score (nSPS) is 22.6. The molecule has 1 fully saturated rings. The molecule has 2 rings (SSSR count). The molecule has 1 aromatic rings. The molecular formula is C11H19N5O3. The van der Waals surface area contributed by atoms with Crippen LogP contribution < -0.4 is 15.0 Å². The van der Waals surface area contributed by atoms with E-state index in [-0.39, 0.29) is 18.2 Å². The van der Waals surface area contributed by atoms with Crippen molar-refractivity contribution in [3.05, 3.63) is 0 Å². The summed E-state index contributed by atoms with van der Waals surface area (Å²) < 4.78 is 15.9.